The molecule has 2 heterocycles. The fourth-order valence-corrected chi connectivity index (χ4v) is 1.55. The van der Waals surface area contributed by atoms with E-state index >= 15 is 0 Å². The number of hydrogen-bond donors (Lipinski definition) is 1. The van der Waals surface area contributed by atoms with Crippen LogP contribution in [0.5, 0.6) is 0 Å². The van der Waals surface area contributed by atoms with Crippen molar-refractivity contribution < 1.29 is 14.3 Å². The third kappa shape index (κ3) is 1.83. The molecule has 1 aromatic heterocycles. The molecule has 0 saturated carbocycles. The lowest BCUT2D eigenvalue weighted by Gasteiger charge is -2.22. The Morgan fingerprint density at radius 2 is 2.60 bits per heavy atom. The molecular weight excluding hydrogens is 198 g/mol. The summed E-state index contributed by atoms with van der Waals surface area (Å²) >= 11 is 0. The average molecular weight is 209 g/mol. The van der Waals surface area contributed by atoms with Crippen LogP contribution in [0.4, 0.5) is 5.82 Å². The highest BCUT2D eigenvalue weighted by molar-refractivity contribution is 5.94. The third-order valence-electron chi connectivity index (χ3n) is 2.37. The Morgan fingerprint density at radius 1 is 1.80 bits per heavy atom. The maximum absolute atomic E-state index is 11.5. The first-order valence-corrected chi connectivity index (χ1v) is 4.60. The van der Waals surface area contributed by atoms with E-state index in [1.54, 1.807) is 16.9 Å². The molecule has 0 saturated heterocycles. The first-order chi connectivity index (χ1) is 7.20. The fraction of sp³-hybridized carbons (Fsp3) is 0.444. The topological polar surface area (TPSA) is 73.2 Å². The Labute approximate surface area is 86.2 Å². The quantitative estimate of drug-likeness (QED) is 0.696. The predicted molar refractivity (Wildman–Crippen MR) is 51.0 cm³/mol. The number of anilines is 1. The van der Waals surface area contributed by atoms with Gasteiger partial charge in [-0.1, -0.05) is 0 Å². The smallest absolute Gasteiger partial charge is 0.306 e. The van der Waals surface area contributed by atoms with Gasteiger partial charge in [-0.2, -0.15) is 5.10 Å². The Kier molecular flexibility index (Phi) is 2.40. The van der Waals surface area contributed by atoms with Gasteiger partial charge in [-0.15, -0.1) is 0 Å². The number of aromatic nitrogens is 2. The van der Waals surface area contributed by atoms with Gasteiger partial charge in [0, 0.05) is 6.07 Å². The van der Waals surface area contributed by atoms with E-state index in [1.807, 2.05) is 0 Å². The Morgan fingerprint density at radius 3 is 3.33 bits per heavy atom. The summed E-state index contributed by atoms with van der Waals surface area (Å²) in [6, 6.07) is 1.71. The number of fused-ring (bicyclic) bond motifs is 1. The van der Waals surface area contributed by atoms with Gasteiger partial charge in [0.25, 0.3) is 0 Å². The van der Waals surface area contributed by atoms with Crippen LogP contribution in [0, 0.1) is 5.92 Å². The SMILES string of the molecule is COC(=O)C[C@H]1Cn2nccc2NC1=O. The molecule has 6 heteroatoms. The zero-order chi connectivity index (χ0) is 10.8. The van der Waals surface area contributed by atoms with E-state index in [-0.39, 0.29) is 18.3 Å². The van der Waals surface area contributed by atoms with E-state index in [1.165, 1.54) is 7.11 Å². The number of hydrogen-bond acceptors (Lipinski definition) is 4. The number of nitrogens with zero attached hydrogens (tertiary/aromatic N) is 2. The molecule has 6 nitrogen and oxygen atoms in total. The number of carbonyl (C=O) groups is 2. The summed E-state index contributed by atoms with van der Waals surface area (Å²) in [5, 5.41) is 6.70. The van der Waals surface area contributed by atoms with Crippen molar-refractivity contribution >= 4 is 17.7 Å². The molecular formula is C9H11N3O3. The second-order valence-corrected chi connectivity index (χ2v) is 3.36. The summed E-state index contributed by atoms with van der Waals surface area (Å²) in [6.45, 7) is 0.420. The van der Waals surface area contributed by atoms with Gasteiger partial charge in [0.05, 0.1) is 32.2 Å². The zero-order valence-electron chi connectivity index (χ0n) is 8.27. The summed E-state index contributed by atoms with van der Waals surface area (Å²) in [7, 11) is 1.31. The highest BCUT2D eigenvalue weighted by atomic mass is 16.5. The van der Waals surface area contributed by atoms with Crippen LogP contribution in [-0.2, 0) is 20.9 Å². The maximum Gasteiger partial charge on any atom is 0.306 e. The lowest BCUT2D eigenvalue weighted by Crippen LogP contribution is -2.35. The lowest BCUT2D eigenvalue weighted by atomic mass is 10.0. The fourth-order valence-electron chi connectivity index (χ4n) is 1.55. The number of esters is 1. The van der Waals surface area contributed by atoms with Crippen LogP contribution in [0.1, 0.15) is 6.42 Å². The van der Waals surface area contributed by atoms with Crippen molar-refractivity contribution in [2.45, 2.75) is 13.0 Å². The Bertz CT molecular complexity index is 399. The summed E-state index contributed by atoms with van der Waals surface area (Å²) in [5.74, 6) is -0.273. The van der Waals surface area contributed by atoms with E-state index < -0.39 is 5.92 Å². The molecule has 1 aliphatic rings. The van der Waals surface area contributed by atoms with Crippen molar-refractivity contribution in [3.63, 3.8) is 0 Å². The van der Waals surface area contributed by atoms with Crippen molar-refractivity contribution in [3.05, 3.63) is 12.3 Å². The Hall–Kier alpha value is -1.85. The van der Waals surface area contributed by atoms with Gasteiger partial charge in [-0.25, -0.2) is 4.68 Å². The lowest BCUT2D eigenvalue weighted by molar-refractivity contribution is -0.143. The van der Waals surface area contributed by atoms with Gasteiger partial charge in [-0.3, -0.25) is 9.59 Å². The molecule has 15 heavy (non-hydrogen) atoms. The second-order valence-electron chi connectivity index (χ2n) is 3.36. The molecule has 2 rings (SSSR count). The number of ether oxygens (including phenoxy) is 1. The van der Waals surface area contributed by atoms with Crippen LogP contribution in [-0.4, -0.2) is 28.8 Å². The van der Waals surface area contributed by atoms with Crippen LogP contribution < -0.4 is 5.32 Å². The van der Waals surface area contributed by atoms with Crippen molar-refractivity contribution in [3.8, 4) is 0 Å². The van der Waals surface area contributed by atoms with Crippen molar-refractivity contribution in [2.24, 2.45) is 5.92 Å². The van der Waals surface area contributed by atoms with Gasteiger partial charge < -0.3 is 10.1 Å². The molecule has 1 amide bonds. The molecule has 0 unspecified atom stereocenters. The highest BCUT2D eigenvalue weighted by Crippen LogP contribution is 2.19. The molecule has 1 atom stereocenters. The predicted octanol–water partition coefficient (Wildman–Crippen LogP) is 0.0145. The van der Waals surface area contributed by atoms with Gasteiger partial charge in [-0.05, 0) is 0 Å². The molecule has 0 spiro atoms. The normalized spacial score (nSPS) is 19.3. The number of amides is 1. The van der Waals surface area contributed by atoms with E-state index in [2.05, 4.69) is 15.2 Å². The van der Waals surface area contributed by atoms with Crippen molar-refractivity contribution in [2.75, 3.05) is 12.4 Å². The number of carbonyl (C=O) groups excluding carboxylic acids is 2. The summed E-state index contributed by atoms with van der Waals surface area (Å²) in [4.78, 5) is 22.6. The first kappa shape index (κ1) is 9.70. The van der Waals surface area contributed by atoms with Gasteiger partial charge in [0.1, 0.15) is 5.82 Å². The molecule has 0 aliphatic carbocycles. The number of methoxy groups -OCH3 is 1. The third-order valence-corrected chi connectivity index (χ3v) is 2.37. The monoisotopic (exact) mass is 209 g/mol. The van der Waals surface area contributed by atoms with Crippen LogP contribution in [0.3, 0.4) is 0 Å². The molecule has 1 aromatic rings. The second kappa shape index (κ2) is 3.72. The van der Waals surface area contributed by atoms with E-state index in [4.69, 9.17) is 0 Å². The summed E-state index contributed by atoms with van der Waals surface area (Å²) < 4.78 is 6.18. The highest BCUT2D eigenvalue weighted by Gasteiger charge is 2.28. The Balaban J connectivity index is 2.10. The molecule has 1 N–H and O–H groups in total. The van der Waals surface area contributed by atoms with Crippen LogP contribution >= 0.6 is 0 Å². The largest absolute Gasteiger partial charge is 0.469 e. The van der Waals surface area contributed by atoms with Gasteiger partial charge >= 0.3 is 5.97 Å². The minimum atomic E-state index is -0.398. The number of nitrogens with one attached hydrogen (secondary N) is 1. The molecule has 80 valence electrons. The van der Waals surface area contributed by atoms with Crippen LogP contribution in [0.25, 0.3) is 0 Å². The molecule has 0 radical (unpaired) electrons. The van der Waals surface area contributed by atoms with Gasteiger partial charge in [0.2, 0.25) is 5.91 Å². The minimum absolute atomic E-state index is 0.0850. The molecule has 0 bridgehead atoms. The van der Waals surface area contributed by atoms with Crippen molar-refractivity contribution in [1.29, 1.82) is 0 Å². The first-order valence-electron chi connectivity index (χ1n) is 4.60. The standard InChI is InChI=1S/C9H11N3O3/c1-15-8(13)4-6-5-12-7(2-3-10-12)11-9(6)14/h2-3,6H,4-5H2,1H3,(H,11,14)/t6-/m0/s1. The molecule has 0 aromatic carbocycles. The maximum atomic E-state index is 11.5. The zero-order valence-corrected chi connectivity index (χ0v) is 8.27. The van der Waals surface area contributed by atoms with Gasteiger partial charge in [0.15, 0.2) is 0 Å². The van der Waals surface area contributed by atoms with Crippen molar-refractivity contribution in [1.82, 2.24) is 9.78 Å². The van der Waals surface area contributed by atoms with E-state index in [0.717, 1.165) is 0 Å². The van der Waals surface area contributed by atoms with E-state index in [9.17, 15) is 9.59 Å². The molecule has 1 aliphatic heterocycles. The molecule has 0 fully saturated rings. The van der Waals surface area contributed by atoms with Crippen LogP contribution in [0.15, 0.2) is 12.3 Å². The summed E-state index contributed by atoms with van der Waals surface area (Å²) in [6.07, 6.45) is 1.69. The number of rotatable bonds is 2. The van der Waals surface area contributed by atoms with Crippen LogP contribution in [0.2, 0.25) is 0 Å². The summed E-state index contributed by atoms with van der Waals surface area (Å²) in [5.41, 5.74) is 0. The average Bonchev–Trinajstić information content (AvgIpc) is 2.65. The minimum Gasteiger partial charge on any atom is -0.469 e. The van der Waals surface area contributed by atoms with E-state index in [0.29, 0.717) is 12.4 Å².